The van der Waals surface area contributed by atoms with Crippen molar-refractivity contribution >= 4 is 49.1 Å². The van der Waals surface area contributed by atoms with E-state index in [4.69, 9.17) is 9.97 Å². The molecule has 3 heteroatoms. The van der Waals surface area contributed by atoms with Gasteiger partial charge in [0.15, 0.2) is 0 Å². The van der Waals surface area contributed by atoms with E-state index < -0.39 is 0 Å². The summed E-state index contributed by atoms with van der Waals surface area (Å²) in [6.45, 7) is 0. The number of allylic oxidation sites excluding steroid dienone is 1. The fraction of sp³-hybridized carbons (Fsp3) is 0.0426. The van der Waals surface area contributed by atoms with E-state index in [1.807, 2.05) is 30.7 Å². The first-order valence-corrected chi connectivity index (χ1v) is 17.2. The zero-order valence-corrected chi connectivity index (χ0v) is 27.3. The van der Waals surface area contributed by atoms with Crippen molar-refractivity contribution in [3.8, 4) is 33.4 Å². The Bertz CT molecular complexity index is 2830. The molecule has 10 rings (SSSR count). The number of pyridine rings is 3. The molecule has 0 unspecified atom stereocenters. The van der Waals surface area contributed by atoms with E-state index in [0.29, 0.717) is 0 Å². The first-order valence-electron chi connectivity index (χ1n) is 17.2. The Morgan fingerprint density at radius 1 is 0.400 bits per heavy atom. The molecule has 0 saturated heterocycles. The van der Waals surface area contributed by atoms with E-state index in [2.05, 4.69) is 138 Å². The molecule has 0 aliphatic heterocycles. The van der Waals surface area contributed by atoms with Crippen molar-refractivity contribution < 1.29 is 0 Å². The third-order valence-electron chi connectivity index (χ3n) is 10.3. The number of hydrogen-bond donors (Lipinski definition) is 0. The summed E-state index contributed by atoms with van der Waals surface area (Å²) in [6.07, 6.45) is 10.1. The normalized spacial score (nSPS) is 12.8. The van der Waals surface area contributed by atoms with Crippen LogP contribution in [0.5, 0.6) is 0 Å². The number of fused-ring (bicyclic) bond motifs is 9. The third kappa shape index (κ3) is 4.55. The van der Waals surface area contributed by atoms with Crippen molar-refractivity contribution in [3.63, 3.8) is 0 Å². The van der Waals surface area contributed by atoms with Crippen LogP contribution in [-0.4, -0.2) is 15.0 Å². The second-order valence-electron chi connectivity index (χ2n) is 13.1. The Labute approximate surface area is 290 Å². The zero-order valence-electron chi connectivity index (χ0n) is 27.3. The van der Waals surface area contributed by atoms with Gasteiger partial charge in [0.1, 0.15) is 0 Å². The van der Waals surface area contributed by atoms with Crippen molar-refractivity contribution in [2.24, 2.45) is 0 Å². The van der Waals surface area contributed by atoms with E-state index in [1.54, 1.807) is 0 Å². The molecule has 234 valence electrons. The highest BCUT2D eigenvalue weighted by Gasteiger charge is 2.20. The van der Waals surface area contributed by atoms with Gasteiger partial charge in [-0.2, -0.15) is 0 Å². The molecular weight excluding hydrogens is 607 g/mol. The predicted octanol–water partition coefficient (Wildman–Crippen LogP) is 11.9. The number of aryl methyl sites for hydroxylation is 1. The highest BCUT2D eigenvalue weighted by molar-refractivity contribution is 6.12. The van der Waals surface area contributed by atoms with Gasteiger partial charge in [-0.3, -0.25) is 15.0 Å². The second kappa shape index (κ2) is 11.6. The fourth-order valence-electron chi connectivity index (χ4n) is 8.01. The summed E-state index contributed by atoms with van der Waals surface area (Å²) in [5.41, 5.74) is 15.2. The van der Waals surface area contributed by atoms with Crippen LogP contribution in [0.1, 0.15) is 23.1 Å². The average molecular weight is 638 g/mol. The van der Waals surface area contributed by atoms with Gasteiger partial charge >= 0.3 is 0 Å². The number of aromatic nitrogens is 3. The molecule has 1 aliphatic carbocycles. The molecule has 3 aromatic heterocycles. The maximum absolute atomic E-state index is 5.00. The molecule has 0 saturated carbocycles. The molecule has 1 aliphatic rings. The van der Waals surface area contributed by atoms with Gasteiger partial charge in [0, 0.05) is 40.3 Å². The Balaban J connectivity index is 1.13. The standard InChI is InChI=1S/C47H31N3/c1-3-15-36-30(9-1)11-6-17-35(41-21-19-31-10-2-4-16-37(31)44(36)41)33-12-5-13-34(29-33)38-23-24-39(42-18-8-27-49-46(38)42)40-25-28-50-47-43(40)22-20-32-14-7-26-48-45(32)47/h1-5,7-10,12-29H,6,11H2. The minimum Gasteiger partial charge on any atom is -0.256 e. The van der Waals surface area contributed by atoms with E-state index in [9.17, 15) is 0 Å². The summed E-state index contributed by atoms with van der Waals surface area (Å²) >= 11 is 0. The molecule has 0 amide bonds. The molecular formula is C47H31N3. The van der Waals surface area contributed by atoms with Gasteiger partial charge in [-0.25, -0.2) is 0 Å². The van der Waals surface area contributed by atoms with Gasteiger partial charge in [0.05, 0.1) is 16.6 Å². The number of nitrogens with zero attached hydrogens (tertiary/aromatic N) is 3. The molecule has 6 aromatic carbocycles. The Morgan fingerprint density at radius 2 is 1.10 bits per heavy atom. The minimum atomic E-state index is 0.914. The van der Waals surface area contributed by atoms with Crippen LogP contribution in [0.4, 0.5) is 0 Å². The fourth-order valence-corrected chi connectivity index (χ4v) is 8.01. The van der Waals surface area contributed by atoms with Gasteiger partial charge in [0.2, 0.25) is 0 Å². The van der Waals surface area contributed by atoms with Crippen LogP contribution < -0.4 is 0 Å². The van der Waals surface area contributed by atoms with E-state index >= 15 is 0 Å². The lowest BCUT2D eigenvalue weighted by molar-refractivity contribution is 1.00. The summed E-state index contributed by atoms with van der Waals surface area (Å²) in [4.78, 5) is 14.4. The zero-order chi connectivity index (χ0) is 33.0. The Hall–Kier alpha value is -6.45. The smallest absolute Gasteiger partial charge is 0.0970 e. The van der Waals surface area contributed by atoms with Gasteiger partial charge in [-0.1, -0.05) is 121 Å². The molecule has 3 heterocycles. The van der Waals surface area contributed by atoms with Crippen LogP contribution in [0.2, 0.25) is 0 Å². The van der Waals surface area contributed by atoms with Gasteiger partial charge in [-0.05, 0) is 98.0 Å². The SMILES string of the molecule is C1=C(c2cccc(-c3ccc(-c4ccnc5c4ccc4cccnc45)c4cccnc34)c2)c2ccc3ccccc3c2-c2ccccc2CC1. The van der Waals surface area contributed by atoms with Crippen LogP contribution in [0.25, 0.3) is 82.4 Å². The first kappa shape index (κ1) is 28.6. The second-order valence-corrected chi connectivity index (χ2v) is 13.1. The summed E-state index contributed by atoms with van der Waals surface area (Å²) in [5.74, 6) is 0. The van der Waals surface area contributed by atoms with Gasteiger partial charge in [-0.15, -0.1) is 0 Å². The Kier molecular flexibility index (Phi) is 6.63. The van der Waals surface area contributed by atoms with Crippen molar-refractivity contribution in [3.05, 3.63) is 181 Å². The minimum absolute atomic E-state index is 0.914. The quantitative estimate of drug-likeness (QED) is 0.181. The van der Waals surface area contributed by atoms with Crippen molar-refractivity contribution in [2.45, 2.75) is 12.8 Å². The summed E-state index contributed by atoms with van der Waals surface area (Å²) in [5, 5.41) is 5.84. The third-order valence-corrected chi connectivity index (χ3v) is 10.3. The molecule has 0 spiro atoms. The van der Waals surface area contributed by atoms with Crippen molar-refractivity contribution in [2.75, 3.05) is 0 Å². The van der Waals surface area contributed by atoms with Crippen LogP contribution in [0.15, 0.2) is 164 Å². The topological polar surface area (TPSA) is 38.7 Å². The summed E-state index contributed by atoms with van der Waals surface area (Å²) in [7, 11) is 0. The predicted molar refractivity (Wildman–Crippen MR) is 208 cm³/mol. The first-order chi connectivity index (χ1) is 24.8. The van der Waals surface area contributed by atoms with Crippen LogP contribution >= 0.6 is 0 Å². The van der Waals surface area contributed by atoms with Gasteiger partial charge in [0.25, 0.3) is 0 Å². The molecule has 3 nitrogen and oxygen atoms in total. The summed E-state index contributed by atoms with van der Waals surface area (Å²) in [6, 6.07) is 50.5. The molecule has 9 aromatic rings. The lowest BCUT2D eigenvalue weighted by Crippen LogP contribution is -2.00. The molecule has 0 radical (unpaired) electrons. The van der Waals surface area contributed by atoms with Crippen molar-refractivity contribution in [1.82, 2.24) is 15.0 Å². The van der Waals surface area contributed by atoms with Crippen LogP contribution in [0.3, 0.4) is 0 Å². The molecule has 0 fully saturated rings. The summed E-state index contributed by atoms with van der Waals surface area (Å²) < 4.78 is 0. The highest BCUT2D eigenvalue weighted by atomic mass is 14.7. The number of benzene rings is 6. The van der Waals surface area contributed by atoms with E-state index in [0.717, 1.165) is 67.8 Å². The lowest BCUT2D eigenvalue weighted by atomic mass is 9.82. The molecule has 50 heavy (non-hydrogen) atoms. The van der Waals surface area contributed by atoms with Crippen molar-refractivity contribution in [1.29, 1.82) is 0 Å². The lowest BCUT2D eigenvalue weighted by Gasteiger charge is -2.22. The maximum Gasteiger partial charge on any atom is 0.0970 e. The largest absolute Gasteiger partial charge is 0.256 e. The maximum atomic E-state index is 5.00. The number of hydrogen-bond acceptors (Lipinski definition) is 3. The molecule has 0 N–H and O–H groups in total. The monoisotopic (exact) mass is 637 g/mol. The molecule has 0 atom stereocenters. The van der Waals surface area contributed by atoms with E-state index in [1.165, 1.54) is 44.2 Å². The van der Waals surface area contributed by atoms with Gasteiger partial charge < -0.3 is 0 Å². The van der Waals surface area contributed by atoms with E-state index in [-0.39, 0.29) is 0 Å². The van der Waals surface area contributed by atoms with Crippen LogP contribution in [0, 0.1) is 0 Å². The molecule has 0 bridgehead atoms. The van der Waals surface area contributed by atoms with Crippen LogP contribution in [-0.2, 0) is 6.42 Å². The average Bonchev–Trinajstić information content (AvgIpc) is 3.18. The number of rotatable bonds is 3. The highest BCUT2D eigenvalue weighted by Crippen LogP contribution is 2.43. The Morgan fingerprint density at radius 3 is 2.08 bits per heavy atom.